The number of rotatable bonds is 3. The largest absolute Gasteiger partial charge is 0.296 e. The van der Waals surface area contributed by atoms with Crippen LogP contribution in [0.15, 0.2) is 28.2 Å². The van der Waals surface area contributed by atoms with E-state index in [1.54, 1.807) is 23.6 Å². The van der Waals surface area contributed by atoms with E-state index in [0.717, 1.165) is 0 Å². The molecule has 1 N–H and O–H groups in total. The number of amides is 1. The SMILES string of the molecule is CC(=O)c1csc(NC(=O)c2cccc(Br)n2)n1. The van der Waals surface area contributed by atoms with E-state index in [0.29, 0.717) is 15.4 Å². The van der Waals surface area contributed by atoms with Gasteiger partial charge in [-0.1, -0.05) is 6.07 Å². The smallest absolute Gasteiger partial charge is 0.276 e. The molecule has 5 nitrogen and oxygen atoms in total. The number of halogens is 1. The Bertz CT molecular complexity index is 612. The fraction of sp³-hybridized carbons (Fsp3) is 0.0909. The zero-order chi connectivity index (χ0) is 13.1. The molecule has 0 saturated carbocycles. The Balaban J connectivity index is 2.13. The summed E-state index contributed by atoms with van der Waals surface area (Å²) in [4.78, 5) is 30.9. The summed E-state index contributed by atoms with van der Waals surface area (Å²) >= 11 is 4.39. The molecule has 0 unspecified atom stereocenters. The van der Waals surface area contributed by atoms with Gasteiger partial charge in [0.05, 0.1) is 0 Å². The Morgan fingerprint density at radius 3 is 2.67 bits per heavy atom. The Kier molecular flexibility index (Phi) is 3.83. The van der Waals surface area contributed by atoms with Crippen molar-refractivity contribution in [2.75, 3.05) is 5.32 Å². The molecule has 0 aliphatic rings. The van der Waals surface area contributed by atoms with E-state index in [9.17, 15) is 9.59 Å². The lowest BCUT2D eigenvalue weighted by molar-refractivity contribution is 0.100. The first-order valence-corrected chi connectivity index (χ1v) is 6.64. The number of anilines is 1. The van der Waals surface area contributed by atoms with Crippen LogP contribution in [0.1, 0.15) is 27.9 Å². The summed E-state index contributed by atoms with van der Waals surface area (Å²) in [7, 11) is 0. The van der Waals surface area contributed by atoms with Gasteiger partial charge in [-0.15, -0.1) is 11.3 Å². The molecule has 0 aromatic carbocycles. The first-order chi connectivity index (χ1) is 8.56. The topological polar surface area (TPSA) is 72.0 Å². The highest BCUT2D eigenvalue weighted by Gasteiger charge is 2.11. The molecule has 2 aromatic heterocycles. The highest BCUT2D eigenvalue weighted by atomic mass is 79.9. The number of hydrogen-bond acceptors (Lipinski definition) is 5. The number of thiazole rings is 1. The molecule has 18 heavy (non-hydrogen) atoms. The molecule has 92 valence electrons. The number of Topliss-reactive ketones (excluding diaryl/α,β-unsaturated/α-hetero) is 1. The molecule has 0 radical (unpaired) electrons. The van der Waals surface area contributed by atoms with E-state index in [1.807, 2.05) is 0 Å². The molecule has 0 saturated heterocycles. The van der Waals surface area contributed by atoms with Crippen LogP contribution in [0.3, 0.4) is 0 Å². The fourth-order valence-corrected chi connectivity index (χ4v) is 2.28. The van der Waals surface area contributed by atoms with Crippen LogP contribution in [-0.4, -0.2) is 21.7 Å². The van der Waals surface area contributed by atoms with Gasteiger partial charge in [0.1, 0.15) is 16.0 Å². The third-order valence-electron chi connectivity index (χ3n) is 2.03. The minimum atomic E-state index is -0.360. The number of carbonyl (C=O) groups excluding carboxylic acids is 2. The fourth-order valence-electron chi connectivity index (χ4n) is 1.19. The standard InChI is InChI=1S/C11H8BrN3O2S/c1-6(16)8-5-18-11(14-8)15-10(17)7-3-2-4-9(12)13-7/h2-5H,1H3,(H,14,15,17). The average molecular weight is 326 g/mol. The summed E-state index contributed by atoms with van der Waals surface area (Å²) in [6.45, 7) is 1.43. The number of hydrogen-bond donors (Lipinski definition) is 1. The van der Waals surface area contributed by atoms with E-state index in [4.69, 9.17) is 0 Å². The molecule has 2 aromatic rings. The van der Waals surface area contributed by atoms with Crippen molar-refractivity contribution in [2.24, 2.45) is 0 Å². The van der Waals surface area contributed by atoms with E-state index in [2.05, 4.69) is 31.2 Å². The molecule has 1 amide bonds. The van der Waals surface area contributed by atoms with Gasteiger partial charge < -0.3 is 0 Å². The first kappa shape index (κ1) is 12.8. The minimum absolute atomic E-state index is 0.132. The summed E-state index contributed by atoms with van der Waals surface area (Å²) in [6.07, 6.45) is 0. The van der Waals surface area contributed by atoms with Gasteiger partial charge in [0.2, 0.25) is 0 Å². The second kappa shape index (κ2) is 5.36. The van der Waals surface area contributed by atoms with Crippen LogP contribution in [0, 0.1) is 0 Å². The Morgan fingerprint density at radius 1 is 1.28 bits per heavy atom. The molecule has 2 heterocycles. The van der Waals surface area contributed by atoms with Gasteiger partial charge in [0, 0.05) is 12.3 Å². The maximum absolute atomic E-state index is 11.8. The van der Waals surface area contributed by atoms with Crippen molar-refractivity contribution in [3.63, 3.8) is 0 Å². The summed E-state index contributed by atoms with van der Waals surface area (Å²) in [6, 6.07) is 5.04. The quantitative estimate of drug-likeness (QED) is 0.695. The second-order valence-electron chi connectivity index (χ2n) is 3.39. The molecule has 7 heteroatoms. The van der Waals surface area contributed by atoms with E-state index in [1.165, 1.54) is 18.3 Å². The molecular weight excluding hydrogens is 318 g/mol. The van der Waals surface area contributed by atoms with Gasteiger partial charge in [0.25, 0.3) is 5.91 Å². The molecule has 0 spiro atoms. The summed E-state index contributed by atoms with van der Waals surface area (Å²) in [5.41, 5.74) is 0.626. The molecule has 0 fully saturated rings. The van der Waals surface area contributed by atoms with Crippen molar-refractivity contribution in [3.8, 4) is 0 Å². The van der Waals surface area contributed by atoms with E-state index < -0.39 is 0 Å². The van der Waals surface area contributed by atoms with Crippen molar-refractivity contribution in [1.29, 1.82) is 0 Å². The van der Waals surface area contributed by atoms with Crippen LogP contribution >= 0.6 is 27.3 Å². The number of carbonyl (C=O) groups is 2. The molecule has 0 bridgehead atoms. The minimum Gasteiger partial charge on any atom is -0.296 e. The van der Waals surface area contributed by atoms with Crippen molar-refractivity contribution in [2.45, 2.75) is 6.92 Å². The van der Waals surface area contributed by atoms with Gasteiger partial charge in [-0.3, -0.25) is 14.9 Å². The van der Waals surface area contributed by atoms with Gasteiger partial charge in [0.15, 0.2) is 10.9 Å². The molecule has 0 aliphatic carbocycles. The molecule has 2 rings (SSSR count). The number of ketones is 1. The van der Waals surface area contributed by atoms with Crippen molar-refractivity contribution in [3.05, 3.63) is 39.6 Å². The van der Waals surface area contributed by atoms with Gasteiger partial charge in [-0.05, 0) is 28.1 Å². The molecule has 0 atom stereocenters. The van der Waals surface area contributed by atoms with Crippen LogP contribution in [0.25, 0.3) is 0 Å². The monoisotopic (exact) mass is 325 g/mol. The lowest BCUT2D eigenvalue weighted by atomic mass is 10.3. The van der Waals surface area contributed by atoms with E-state index in [-0.39, 0.29) is 17.4 Å². The maximum Gasteiger partial charge on any atom is 0.276 e. The third kappa shape index (κ3) is 2.99. The summed E-state index contributed by atoms with van der Waals surface area (Å²) in [5.74, 6) is -0.493. The summed E-state index contributed by atoms with van der Waals surface area (Å²) < 4.78 is 0.582. The van der Waals surface area contributed by atoms with Crippen molar-refractivity contribution >= 4 is 44.1 Å². The zero-order valence-corrected chi connectivity index (χ0v) is 11.7. The predicted octanol–water partition coefficient (Wildman–Crippen LogP) is 2.76. The zero-order valence-electron chi connectivity index (χ0n) is 9.31. The molecular formula is C11H8BrN3O2S. The number of nitrogens with zero attached hydrogens (tertiary/aromatic N) is 2. The van der Waals surface area contributed by atoms with Crippen LogP contribution < -0.4 is 5.32 Å². The summed E-state index contributed by atoms with van der Waals surface area (Å²) in [5, 5.41) is 4.58. The van der Waals surface area contributed by atoms with Crippen molar-refractivity contribution < 1.29 is 9.59 Å². The van der Waals surface area contributed by atoms with Gasteiger partial charge in [-0.25, -0.2) is 9.97 Å². The normalized spacial score (nSPS) is 10.1. The van der Waals surface area contributed by atoms with Gasteiger partial charge >= 0.3 is 0 Å². The molecule has 0 aliphatic heterocycles. The maximum atomic E-state index is 11.8. The second-order valence-corrected chi connectivity index (χ2v) is 5.06. The highest BCUT2D eigenvalue weighted by Crippen LogP contribution is 2.16. The Hall–Kier alpha value is -1.60. The predicted molar refractivity (Wildman–Crippen MR) is 72.0 cm³/mol. The van der Waals surface area contributed by atoms with E-state index >= 15 is 0 Å². The lowest BCUT2D eigenvalue weighted by Gasteiger charge is -2.00. The highest BCUT2D eigenvalue weighted by molar-refractivity contribution is 9.10. The first-order valence-electron chi connectivity index (χ1n) is 4.96. The van der Waals surface area contributed by atoms with Crippen LogP contribution in [0.5, 0.6) is 0 Å². The third-order valence-corrected chi connectivity index (χ3v) is 3.23. The lowest BCUT2D eigenvalue weighted by Crippen LogP contribution is -2.13. The van der Waals surface area contributed by atoms with Crippen LogP contribution in [-0.2, 0) is 0 Å². The number of nitrogens with one attached hydrogen (secondary N) is 1. The average Bonchev–Trinajstić information content (AvgIpc) is 2.77. The number of aromatic nitrogens is 2. The number of pyridine rings is 1. The Labute approximate surface area is 115 Å². The van der Waals surface area contributed by atoms with Gasteiger partial charge in [-0.2, -0.15) is 0 Å². The van der Waals surface area contributed by atoms with Crippen molar-refractivity contribution in [1.82, 2.24) is 9.97 Å². The van der Waals surface area contributed by atoms with Crippen LogP contribution in [0.4, 0.5) is 5.13 Å². The Morgan fingerprint density at radius 2 is 2.06 bits per heavy atom. The van der Waals surface area contributed by atoms with Crippen LogP contribution in [0.2, 0.25) is 0 Å².